The molecule has 0 spiro atoms. The summed E-state index contributed by atoms with van der Waals surface area (Å²) in [6.07, 6.45) is 0.539. The van der Waals surface area contributed by atoms with Crippen LogP contribution in [-0.4, -0.2) is 31.9 Å². The topological polar surface area (TPSA) is 88.2 Å². The van der Waals surface area contributed by atoms with Crippen molar-refractivity contribution in [3.8, 4) is 0 Å². The highest BCUT2D eigenvalue weighted by molar-refractivity contribution is 7.89. The van der Waals surface area contributed by atoms with Crippen LogP contribution in [-0.2, 0) is 21.2 Å². The van der Waals surface area contributed by atoms with Crippen molar-refractivity contribution in [1.29, 1.82) is 0 Å². The molecule has 26 heavy (non-hydrogen) atoms. The van der Waals surface area contributed by atoms with E-state index in [2.05, 4.69) is 15.0 Å². The van der Waals surface area contributed by atoms with Crippen LogP contribution in [0.2, 0.25) is 0 Å². The summed E-state index contributed by atoms with van der Waals surface area (Å²) in [4.78, 5) is 16.3. The minimum Gasteiger partial charge on any atom is -0.352 e. The molecule has 0 saturated heterocycles. The Kier molecular flexibility index (Phi) is 6.44. The monoisotopic (exact) mass is 379 g/mol. The van der Waals surface area contributed by atoms with Gasteiger partial charge in [0.25, 0.3) is 0 Å². The number of nitrogens with zero attached hydrogens (tertiary/aromatic N) is 1. The maximum absolute atomic E-state index is 13.1. The Labute approximate surface area is 152 Å². The molecule has 0 unspecified atom stereocenters. The molecule has 0 radical (unpaired) electrons. The number of rotatable bonds is 7. The zero-order valence-electron chi connectivity index (χ0n) is 14.9. The van der Waals surface area contributed by atoms with Crippen LogP contribution < -0.4 is 10.0 Å². The minimum absolute atomic E-state index is 0.0521. The van der Waals surface area contributed by atoms with E-state index in [4.69, 9.17) is 0 Å². The average molecular weight is 379 g/mol. The van der Waals surface area contributed by atoms with Crippen molar-refractivity contribution in [2.24, 2.45) is 0 Å². The molecule has 1 heterocycles. The SMILES string of the molecule is Cc1cccc(C[C@H](C)NC(=O)CNS(=O)(=O)c2ccc(F)cc2C)n1. The van der Waals surface area contributed by atoms with Crippen molar-refractivity contribution in [2.75, 3.05) is 6.54 Å². The summed E-state index contributed by atoms with van der Waals surface area (Å²) < 4.78 is 39.9. The van der Waals surface area contributed by atoms with Gasteiger partial charge >= 0.3 is 0 Å². The van der Waals surface area contributed by atoms with Gasteiger partial charge in [0, 0.05) is 23.9 Å². The van der Waals surface area contributed by atoms with Crippen molar-refractivity contribution >= 4 is 15.9 Å². The number of halogens is 1. The molecular weight excluding hydrogens is 357 g/mol. The molecule has 2 N–H and O–H groups in total. The Bertz CT molecular complexity index is 900. The molecular formula is C18H22FN3O3S. The standard InChI is InChI=1S/C18H22FN3O3S/c1-12-9-15(19)7-8-17(12)26(24,25)20-11-18(23)22-14(3)10-16-6-4-5-13(2)21-16/h4-9,14,20H,10-11H2,1-3H3,(H,22,23)/t14-/m0/s1. The summed E-state index contributed by atoms with van der Waals surface area (Å²) in [5, 5.41) is 2.73. The van der Waals surface area contributed by atoms with Gasteiger partial charge in [0.05, 0.1) is 11.4 Å². The Morgan fingerprint density at radius 2 is 1.96 bits per heavy atom. The molecule has 0 aliphatic carbocycles. The summed E-state index contributed by atoms with van der Waals surface area (Å²) in [5.41, 5.74) is 2.01. The van der Waals surface area contributed by atoms with Crippen molar-refractivity contribution in [3.05, 3.63) is 59.2 Å². The van der Waals surface area contributed by atoms with Gasteiger partial charge in [-0.3, -0.25) is 9.78 Å². The quantitative estimate of drug-likeness (QED) is 0.769. The molecule has 0 bridgehead atoms. The predicted molar refractivity (Wildman–Crippen MR) is 96.6 cm³/mol. The van der Waals surface area contributed by atoms with E-state index in [0.717, 1.165) is 23.5 Å². The second-order valence-corrected chi connectivity index (χ2v) is 7.91. The number of hydrogen-bond donors (Lipinski definition) is 2. The molecule has 2 rings (SSSR count). The Morgan fingerprint density at radius 3 is 2.62 bits per heavy atom. The second kappa shape index (κ2) is 8.37. The van der Waals surface area contributed by atoms with Crippen LogP contribution in [0.25, 0.3) is 0 Å². The molecule has 0 aliphatic heterocycles. The van der Waals surface area contributed by atoms with Crippen LogP contribution in [0.3, 0.4) is 0 Å². The summed E-state index contributed by atoms with van der Waals surface area (Å²) in [6.45, 7) is 4.80. The first-order valence-electron chi connectivity index (χ1n) is 8.15. The lowest BCUT2D eigenvalue weighted by atomic mass is 10.1. The van der Waals surface area contributed by atoms with E-state index in [1.807, 2.05) is 32.0 Å². The molecule has 0 aliphatic rings. The predicted octanol–water partition coefficient (Wildman–Crippen LogP) is 1.86. The Morgan fingerprint density at radius 1 is 1.23 bits per heavy atom. The van der Waals surface area contributed by atoms with E-state index in [1.165, 1.54) is 13.0 Å². The summed E-state index contributed by atoms with van der Waals surface area (Å²) in [6, 6.07) is 8.83. The van der Waals surface area contributed by atoms with Crippen molar-refractivity contribution < 1.29 is 17.6 Å². The van der Waals surface area contributed by atoms with Gasteiger partial charge in [0.2, 0.25) is 15.9 Å². The molecule has 1 aromatic carbocycles. The smallest absolute Gasteiger partial charge is 0.241 e. The number of hydrogen-bond acceptors (Lipinski definition) is 4. The van der Waals surface area contributed by atoms with Crippen molar-refractivity contribution in [3.63, 3.8) is 0 Å². The van der Waals surface area contributed by atoms with Gasteiger partial charge in [-0.15, -0.1) is 0 Å². The van der Waals surface area contributed by atoms with Crippen LogP contribution in [0.1, 0.15) is 23.9 Å². The normalized spacial score (nSPS) is 12.6. The first-order valence-corrected chi connectivity index (χ1v) is 9.63. The van der Waals surface area contributed by atoms with E-state index in [1.54, 1.807) is 0 Å². The highest BCUT2D eigenvalue weighted by Gasteiger charge is 2.19. The van der Waals surface area contributed by atoms with Gasteiger partial charge in [-0.25, -0.2) is 17.5 Å². The summed E-state index contributed by atoms with van der Waals surface area (Å²) in [5.74, 6) is -0.966. The highest BCUT2D eigenvalue weighted by Crippen LogP contribution is 2.15. The number of carbonyl (C=O) groups excluding carboxylic acids is 1. The molecule has 0 saturated carbocycles. The van der Waals surface area contributed by atoms with E-state index in [0.29, 0.717) is 6.42 Å². The van der Waals surface area contributed by atoms with E-state index >= 15 is 0 Å². The number of amides is 1. The molecule has 1 aromatic heterocycles. The number of carbonyl (C=O) groups is 1. The van der Waals surface area contributed by atoms with Crippen LogP contribution in [0.5, 0.6) is 0 Å². The van der Waals surface area contributed by atoms with Crippen molar-refractivity contribution in [2.45, 2.75) is 38.1 Å². The van der Waals surface area contributed by atoms with E-state index < -0.39 is 28.3 Å². The van der Waals surface area contributed by atoms with Gasteiger partial charge in [-0.2, -0.15) is 0 Å². The highest BCUT2D eigenvalue weighted by atomic mass is 32.2. The number of aryl methyl sites for hydroxylation is 2. The van der Waals surface area contributed by atoms with E-state index in [9.17, 15) is 17.6 Å². The third-order valence-corrected chi connectivity index (χ3v) is 5.28. The summed E-state index contributed by atoms with van der Waals surface area (Å²) in [7, 11) is -3.89. The van der Waals surface area contributed by atoms with Crippen LogP contribution >= 0.6 is 0 Å². The average Bonchev–Trinajstić information content (AvgIpc) is 2.52. The second-order valence-electron chi connectivity index (χ2n) is 6.18. The molecule has 1 amide bonds. The lowest BCUT2D eigenvalue weighted by Crippen LogP contribution is -2.41. The van der Waals surface area contributed by atoms with Crippen LogP contribution in [0, 0.1) is 19.7 Å². The fourth-order valence-electron chi connectivity index (χ4n) is 2.56. The van der Waals surface area contributed by atoms with Crippen LogP contribution in [0.4, 0.5) is 4.39 Å². The number of aromatic nitrogens is 1. The Balaban J connectivity index is 1.91. The first-order chi connectivity index (χ1) is 12.2. The van der Waals surface area contributed by atoms with Gasteiger partial charge < -0.3 is 5.32 Å². The Hall–Kier alpha value is -2.32. The molecule has 8 heteroatoms. The largest absolute Gasteiger partial charge is 0.352 e. The van der Waals surface area contributed by atoms with E-state index in [-0.39, 0.29) is 16.5 Å². The third kappa shape index (κ3) is 5.60. The van der Waals surface area contributed by atoms with Gasteiger partial charge in [0.1, 0.15) is 5.82 Å². The maximum Gasteiger partial charge on any atom is 0.241 e. The molecule has 6 nitrogen and oxygen atoms in total. The number of benzene rings is 1. The number of nitrogens with one attached hydrogen (secondary N) is 2. The molecule has 0 fully saturated rings. The van der Waals surface area contributed by atoms with Gasteiger partial charge in [-0.05, 0) is 56.7 Å². The third-order valence-electron chi connectivity index (χ3n) is 3.72. The summed E-state index contributed by atoms with van der Waals surface area (Å²) >= 11 is 0. The fraction of sp³-hybridized carbons (Fsp3) is 0.333. The lowest BCUT2D eigenvalue weighted by Gasteiger charge is -2.14. The first kappa shape index (κ1) is 20.0. The lowest BCUT2D eigenvalue weighted by molar-refractivity contribution is -0.120. The molecule has 2 aromatic rings. The fourth-order valence-corrected chi connectivity index (χ4v) is 3.76. The molecule has 1 atom stereocenters. The maximum atomic E-state index is 13.1. The number of pyridine rings is 1. The van der Waals surface area contributed by atoms with Gasteiger partial charge in [-0.1, -0.05) is 6.07 Å². The minimum atomic E-state index is -3.89. The zero-order valence-corrected chi connectivity index (χ0v) is 15.7. The van der Waals surface area contributed by atoms with Crippen LogP contribution in [0.15, 0.2) is 41.3 Å². The number of sulfonamides is 1. The molecule has 140 valence electrons. The zero-order chi connectivity index (χ0) is 19.3. The van der Waals surface area contributed by atoms with Crippen molar-refractivity contribution in [1.82, 2.24) is 15.0 Å². The van der Waals surface area contributed by atoms with Gasteiger partial charge in [0.15, 0.2) is 0 Å².